The molecule has 0 spiro atoms. The van der Waals surface area contributed by atoms with Crippen LogP contribution >= 0.6 is 0 Å². The maximum Gasteiger partial charge on any atom is 0.249 e. The van der Waals surface area contributed by atoms with Gasteiger partial charge in [-0.05, 0) is 30.9 Å². The van der Waals surface area contributed by atoms with E-state index in [1.807, 2.05) is 42.5 Å². The molecule has 1 aromatic heterocycles. The van der Waals surface area contributed by atoms with Gasteiger partial charge in [0.05, 0.1) is 23.3 Å². The Balaban J connectivity index is 1.65. The lowest BCUT2D eigenvalue weighted by molar-refractivity contribution is -0.133. The fourth-order valence-electron chi connectivity index (χ4n) is 4.71. The lowest BCUT2D eigenvalue weighted by atomic mass is 9.73. The van der Waals surface area contributed by atoms with Crippen molar-refractivity contribution < 1.29 is 9.59 Å². The van der Waals surface area contributed by atoms with Gasteiger partial charge in [0.15, 0.2) is 0 Å². The number of imidazole rings is 1. The minimum Gasteiger partial charge on any atom is -0.366 e. The summed E-state index contributed by atoms with van der Waals surface area (Å²) >= 11 is 0. The van der Waals surface area contributed by atoms with Crippen molar-refractivity contribution in [2.24, 2.45) is 16.9 Å². The zero-order valence-electron chi connectivity index (χ0n) is 18.7. The van der Waals surface area contributed by atoms with E-state index >= 15 is 0 Å². The highest BCUT2D eigenvalue weighted by Crippen LogP contribution is 2.36. The fraction of sp³-hybridized carbons (Fsp3) is 0.346. The van der Waals surface area contributed by atoms with Crippen LogP contribution in [0.1, 0.15) is 59.9 Å². The average Bonchev–Trinajstić information content (AvgIpc) is 3.35. The number of aromatic nitrogens is 2. The number of hydrogen-bond donors (Lipinski definition) is 4. The summed E-state index contributed by atoms with van der Waals surface area (Å²) in [5.74, 6) is 0.114. The van der Waals surface area contributed by atoms with Crippen LogP contribution in [0.2, 0.25) is 0 Å². The lowest BCUT2D eigenvalue weighted by Gasteiger charge is -2.35. The Morgan fingerprint density at radius 3 is 2.42 bits per heavy atom. The van der Waals surface area contributed by atoms with Crippen molar-refractivity contribution in [1.29, 1.82) is 0 Å². The molecule has 1 saturated carbocycles. The molecule has 1 fully saturated rings. The van der Waals surface area contributed by atoms with Crippen LogP contribution in [0.5, 0.6) is 0 Å². The Morgan fingerprint density at radius 2 is 1.73 bits per heavy atom. The molecule has 1 atom stereocenters. The first-order chi connectivity index (χ1) is 16.0. The van der Waals surface area contributed by atoms with Crippen LogP contribution in [0.3, 0.4) is 0 Å². The SMILES string of the molecule is NCC1(C(=O)NC(Cc2ccccc2)c2ncc(-c3ccccc3C(N)=O)[nH]2)CCCCC1. The van der Waals surface area contributed by atoms with Crippen LogP contribution in [0.4, 0.5) is 0 Å². The van der Waals surface area contributed by atoms with Gasteiger partial charge < -0.3 is 21.8 Å². The predicted octanol–water partition coefficient (Wildman–Crippen LogP) is 3.48. The van der Waals surface area contributed by atoms with Crippen molar-refractivity contribution in [3.63, 3.8) is 0 Å². The van der Waals surface area contributed by atoms with E-state index in [0.29, 0.717) is 35.6 Å². The Hall–Kier alpha value is -3.45. The summed E-state index contributed by atoms with van der Waals surface area (Å²) in [7, 11) is 0. The number of aromatic amines is 1. The molecule has 0 radical (unpaired) electrons. The zero-order valence-corrected chi connectivity index (χ0v) is 18.7. The van der Waals surface area contributed by atoms with Gasteiger partial charge in [-0.2, -0.15) is 0 Å². The van der Waals surface area contributed by atoms with Crippen molar-refractivity contribution in [1.82, 2.24) is 15.3 Å². The molecule has 1 unspecified atom stereocenters. The van der Waals surface area contributed by atoms with Gasteiger partial charge in [-0.25, -0.2) is 4.98 Å². The number of H-pyrrole nitrogens is 1. The largest absolute Gasteiger partial charge is 0.366 e. The number of carbonyl (C=O) groups excluding carboxylic acids is 2. The van der Waals surface area contributed by atoms with Crippen molar-refractivity contribution >= 4 is 11.8 Å². The standard InChI is InChI=1S/C26H31N5O2/c27-17-26(13-7-2-8-14-26)25(33)31-21(15-18-9-3-1-4-10-18)24-29-16-22(30-24)19-11-5-6-12-20(19)23(28)32/h1,3-6,9-12,16,21H,2,7-8,13-15,17,27H2,(H2,28,32)(H,29,30)(H,31,33). The molecule has 172 valence electrons. The minimum atomic E-state index is -0.527. The molecule has 6 N–H and O–H groups in total. The van der Waals surface area contributed by atoms with Crippen LogP contribution in [-0.4, -0.2) is 28.3 Å². The van der Waals surface area contributed by atoms with E-state index in [0.717, 1.165) is 37.7 Å². The second-order valence-corrected chi connectivity index (χ2v) is 8.85. The molecule has 1 aliphatic carbocycles. The van der Waals surface area contributed by atoms with Gasteiger partial charge in [0, 0.05) is 17.7 Å². The highest BCUT2D eigenvalue weighted by atomic mass is 16.2. The third kappa shape index (κ3) is 4.98. The smallest absolute Gasteiger partial charge is 0.249 e. The van der Waals surface area contributed by atoms with Crippen molar-refractivity contribution in [2.45, 2.75) is 44.6 Å². The summed E-state index contributed by atoms with van der Waals surface area (Å²) in [5.41, 5.74) is 14.0. The van der Waals surface area contributed by atoms with Crippen LogP contribution in [0.15, 0.2) is 60.8 Å². The predicted molar refractivity (Wildman–Crippen MR) is 128 cm³/mol. The second kappa shape index (κ2) is 10.0. The third-order valence-electron chi connectivity index (χ3n) is 6.68. The molecule has 7 nitrogen and oxygen atoms in total. The average molecular weight is 446 g/mol. The Kier molecular flexibility index (Phi) is 6.89. The van der Waals surface area contributed by atoms with E-state index in [2.05, 4.69) is 15.3 Å². The van der Waals surface area contributed by atoms with Crippen molar-refractivity contribution in [3.05, 3.63) is 77.7 Å². The number of benzene rings is 2. The molecule has 0 aliphatic heterocycles. The van der Waals surface area contributed by atoms with E-state index < -0.39 is 11.3 Å². The highest BCUT2D eigenvalue weighted by Gasteiger charge is 2.39. The zero-order chi connectivity index (χ0) is 23.3. The molecule has 33 heavy (non-hydrogen) atoms. The topological polar surface area (TPSA) is 127 Å². The quantitative estimate of drug-likeness (QED) is 0.423. The summed E-state index contributed by atoms with van der Waals surface area (Å²) in [6.45, 7) is 0.340. The third-order valence-corrected chi connectivity index (χ3v) is 6.68. The normalized spacial score (nSPS) is 16.2. The second-order valence-electron chi connectivity index (χ2n) is 8.85. The number of hydrogen-bond acceptors (Lipinski definition) is 4. The molecule has 4 rings (SSSR count). The summed E-state index contributed by atoms with van der Waals surface area (Å²) < 4.78 is 0. The fourth-order valence-corrected chi connectivity index (χ4v) is 4.71. The van der Waals surface area contributed by atoms with Crippen LogP contribution in [0.25, 0.3) is 11.3 Å². The molecule has 7 heteroatoms. The molecule has 2 aromatic carbocycles. The molecular formula is C26H31N5O2. The van der Waals surface area contributed by atoms with Gasteiger partial charge in [-0.3, -0.25) is 9.59 Å². The number of nitrogens with one attached hydrogen (secondary N) is 2. The number of primary amides is 1. The summed E-state index contributed by atoms with van der Waals surface area (Å²) in [6, 6.07) is 16.8. The van der Waals surface area contributed by atoms with Gasteiger partial charge >= 0.3 is 0 Å². The summed E-state index contributed by atoms with van der Waals surface area (Å²) in [6.07, 6.45) is 7.05. The van der Waals surface area contributed by atoms with Crippen LogP contribution in [0, 0.1) is 5.41 Å². The van der Waals surface area contributed by atoms with Crippen LogP contribution in [-0.2, 0) is 11.2 Å². The van der Waals surface area contributed by atoms with E-state index in [9.17, 15) is 9.59 Å². The molecule has 1 heterocycles. The minimum absolute atomic E-state index is 0.0129. The van der Waals surface area contributed by atoms with Crippen molar-refractivity contribution in [2.75, 3.05) is 6.54 Å². The first-order valence-electron chi connectivity index (χ1n) is 11.5. The molecule has 0 saturated heterocycles. The van der Waals surface area contributed by atoms with Gasteiger partial charge in [-0.1, -0.05) is 67.8 Å². The first-order valence-corrected chi connectivity index (χ1v) is 11.5. The Bertz CT molecular complexity index is 1100. The number of rotatable bonds is 8. The monoisotopic (exact) mass is 445 g/mol. The van der Waals surface area contributed by atoms with E-state index in [1.165, 1.54) is 0 Å². The van der Waals surface area contributed by atoms with Crippen molar-refractivity contribution in [3.8, 4) is 11.3 Å². The van der Waals surface area contributed by atoms with Gasteiger partial charge in [-0.15, -0.1) is 0 Å². The van der Waals surface area contributed by atoms with Gasteiger partial charge in [0.25, 0.3) is 0 Å². The molecular weight excluding hydrogens is 414 g/mol. The van der Waals surface area contributed by atoms with Gasteiger partial charge in [0.2, 0.25) is 11.8 Å². The van der Waals surface area contributed by atoms with E-state index in [1.54, 1.807) is 18.3 Å². The number of nitrogens with zero attached hydrogens (tertiary/aromatic N) is 1. The molecule has 3 aromatic rings. The van der Waals surface area contributed by atoms with Gasteiger partial charge in [0.1, 0.15) is 5.82 Å². The lowest BCUT2D eigenvalue weighted by Crippen LogP contribution is -2.48. The van der Waals surface area contributed by atoms with E-state index in [-0.39, 0.29) is 11.9 Å². The number of nitrogens with two attached hydrogens (primary N) is 2. The van der Waals surface area contributed by atoms with E-state index in [4.69, 9.17) is 11.5 Å². The number of carbonyl (C=O) groups is 2. The maximum atomic E-state index is 13.5. The van der Waals surface area contributed by atoms with Crippen LogP contribution < -0.4 is 16.8 Å². The Morgan fingerprint density at radius 1 is 1.03 bits per heavy atom. The summed E-state index contributed by atoms with van der Waals surface area (Å²) in [5, 5.41) is 3.24. The Labute approximate surface area is 194 Å². The molecule has 1 aliphatic rings. The number of amides is 2. The highest BCUT2D eigenvalue weighted by molar-refractivity contribution is 5.99. The first kappa shape index (κ1) is 22.7. The maximum absolute atomic E-state index is 13.5. The molecule has 0 bridgehead atoms. The summed E-state index contributed by atoms with van der Waals surface area (Å²) in [4.78, 5) is 33.2. The molecule has 2 amide bonds.